The fourth-order valence-corrected chi connectivity index (χ4v) is 4.74. The molecule has 0 aliphatic carbocycles. The molecule has 4 heteroatoms. The van der Waals surface area contributed by atoms with Crippen LogP contribution in [-0.2, 0) is 0 Å². The van der Waals surface area contributed by atoms with Gasteiger partial charge in [-0.15, -0.1) is 0 Å². The standard InChI is InChI=1S/C21H23Br2NO/c1-2-3-4-9-14-24-18-13-8-7-12-17(18)20(23)19(22)15-10-5-6-11-16(15)21(24)25/h5-8,10-13,19-20H,2-4,9,14H2,1H3. The Balaban J connectivity index is 2.04. The number of anilines is 1. The monoisotopic (exact) mass is 463 g/mol. The van der Waals surface area contributed by atoms with E-state index in [1.807, 2.05) is 41.3 Å². The van der Waals surface area contributed by atoms with E-state index in [-0.39, 0.29) is 15.6 Å². The Morgan fingerprint density at radius 2 is 1.52 bits per heavy atom. The van der Waals surface area contributed by atoms with Crippen molar-refractivity contribution in [2.75, 3.05) is 11.4 Å². The zero-order valence-electron chi connectivity index (χ0n) is 14.4. The number of unbranched alkanes of at least 4 members (excludes halogenated alkanes) is 3. The largest absolute Gasteiger partial charge is 0.308 e. The smallest absolute Gasteiger partial charge is 0.258 e. The van der Waals surface area contributed by atoms with Gasteiger partial charge in [-0.2, -0.15) is 0 Å². The molecular formula is C21H23Br2NO. The van der Waals surface area contributed by atoms with Crippen LogP contribution in [-0.4, -0.2) is 12.5 Å². The number of rotatable bonds is 5. The van der Waals surface area contributed by atoms with Gasteiger partial charge in [0, 0.05) is 17.8 Å². The van der Waals surface area contributed by atoms with E-state index in [9.17, 15) is 4.79 Å². The molecule has 25 heavy (non-hydrogen) atoms. The summed E-state index contributed by atoms with van der Waals surface area (Å²) in [6.45, 7) is 2.97. The van der Waals surface area contributed by atoms with E-state index in [2.05, 4.69) is 50.9 Å². The summed E-state index contributed by atoms with van der Waals surface area (Å²) in [4.78, 5) is 15.5. The average molecular weight is 465 g/mol. The lowest BCUT2D eigenvalue weighted by Gasteiger charge is -2.32. The molecule has 0 spiro atoms. The molecule has 132 valence electrons. The summed E-state index contributed by atoms with van der Waals surface area (Å²) in [5.41, 5.74) is 4.01. The Kier molecular flexibility index (Phi) is 6.34. The molecule has 0 N–H and O–H groups in total. The first-order valence-corrected chi connectivity index (χ1v) is 10.8. The third kappa shape index (κ3) is 3.85. The lowest BCUT2D eigenvalue weighted by Crippen LogP contribution is -2.35. The number of benzene rings is 2. The van der Waals surface area contributed by atoms with Crippen LogP contribution < -0.4 is 4.90 Å². The second-order valence-electron chi connectivity index (χ2n) is 6.47. The highest BCUT2D eigenvalue weighted by molar-refractivity contribution is 9.12. The zero-order valence-corrected chi connectivity index (χ0v) is 17.6. The molecule has 0 saturated carbocycles. The second-order valence-corrected chi connectivity index (χ2v) is 8.44. The van der Waals surface area contributed by atoms with Gasteiger partial charge in [-0.05, 0) is 29.7 Å². The second kappa shape index (κ2) is 8.50. The minimum atomic E-state index is 0.0519. The van der Waals surface area contributed by atoms with Crippen LogP contribution in [0, 0.1) is 0 Å². The van der Waals surface area contributed by atoms with Gasteiger partial charge in [-0.25, -0.2) is 0 Å². The van der Waals surface area contributed by atoms with Crippen molar-refractivity contribution >= 4 is 43.5 Å². The fraction of sp³-hybridized carbons (Fsp3) is 0.381. The number of fused-ring (bicyclic) bond motifs is 2. The number of carbonyl (C=O) groups excluding carboxylic acids is 1. The SMILES string of the molecule is CCCCCCN1C(=O)c2ccccc2C(Br)C(Br)c2ccccc21. The van der Waals surface area contributed by atoms with E-state index < -0.39 is 0 Å². The molecule has 1 amide bonds. The Morgan fingerprint density at radius 3 is 2.28 bits per heavy atom. The summed E-state index contributed by atoms with van der Waals surface area (Å²) in [5.74, 6) is 0.100. The maximum absolute atomic E-state index is 13.4. The van der Waals surface area contributed by atoms with Crippen molar-refractivity contribution in [1.29, 1.82) is 0 Å². The molecule has 2 nitrogen and oxygen atoms in total. The summed E-state index contributed by atoms with van der Waals surface area (Å²) >= 11 is 7.67. The molecule has 0 radical (unpaired) electrons. The van der Waals surface area contributed by atoms with Crippen LogP contribution in [0.3, 0.4) is 0 Å². The van der Waals surface area contributed by atoms with Crippen LogP contribution in [0.5, 0.6) is 0 Å². The predicted molar refractivity (Wildman–Crippen MR) is 112 cm³/mol. The summed E-state index contributed by atoms with van der Waals surface area (Å²) in [6.07, 6.45) is 4.59. The summed E-state index contributed by atoms with van der Waals surface area (Å²) in [5, 5.41) is 0. The molecule has 0 fully saturated rings. The summed E-state index contributed by atoms with van der Waals surface area (Å²) in [6, 6.07) is 16.2. The van der Waals surface area contributed by atoms with Crippen LogP contribution >= 0.6 is 31.9 Å². The Labute approximate surface area is 166 Å². The fourth-order valence-electron chi connectivity index (χ4n) is 3.39. The van der Waals surface area contributed by atoms with E-state index in [0.29, 0.717) is 0 Å². The van der Waals surface area contributed by atoms with E-state index in [4.69, 9.17) is 0 Å². The Bertz CT molecular complexity index is 746. The van der Waals surface area contributed by atoms with Crippen LogP contribution in [0.4, 0.5) is 5.69 Å². The molecule has 3 rings (SSSR count). The van der Waals surface area contributed by atoms with Gasteiger partial charge in [0.2, 0.25) is 0 Å². The molecule has 1 aliphatic rings. The Hall–Kier alpha value is -1.13. The number of hydrogen-bond acceptors (Lipinski definition) is 1. The lowest BCUT2D eigenvalue weighted by molar-refractivity contribution is 0.0984. The number of carbonyl (C=O) groups is 1. The molecule has 0 aromatic heterocycles. The lowest BCUT2D eigenvalue weighted by atomic mass is 9.94. The molecule has 2 unspecified atom stereocenters. The normalized spacial score (nSPS) is 19.8. The highest BCUT2D eigenvalue weighted by Crippen LogP contribution is 2.48. The van der Waals surface area contributed by atoms with Gasteiger partial charge in [0.05, 0.1) is 9.65 Å². The molecule has 2 aromatic rings. The van der Waals surface area contributed by atoms with Gasteiger partial charge in [0.25, 0.3) is 5.91 Å². The van der Waals surface area contributed by atoms with Crippen molar-refractivity contribution in [2.24, 2.45) is 0 Å². The number of hydrogen-bond donors (Lipinski definition) is 0. The quantitative estimate of drug-likeness (QED) is 0.352. The minimum absolute atomic E-state index is 0.0519. The molecule has 2 atom stereocenters. The van der Waals surface area contributed by atoms with Gasteiger partial charge in [-0.3, -0.25) is 4.79 Å². The maximum atomic E-state index is 13.4. The molecular weight excluding hydrogens is 442 g/mol. The first kappa shape index (κ1) is 18.7. The number of amides is 1. The van der Waals surface area contributed by atoms with Crippen molar-refractivity contribution in [3.05, 3.63) is 65.2 Å². The number of para-hydroxylation sites is 1. The van der Waals surface area contributed by atoms with Crippen molar-refractivity contribution in [2.45, 2.75) is 42.3 Å². The van der Waals surface area contributed by atoms with Crippen molar-refractivity contribution in [1.82, 2.24) is 0 Å². The topological polar surface area (TPSA) is 20.3 Å². The predicted octanol–water partition coefficient (Wildman–Crippen LogP) is 6.80. The van der Waals surface area contributed by atoms with Crippen molar-refractivity contribution < 1.29 is 4.79 Å². The van der Waals surface area contributed by atoms with E-state index in [1.54, 1.807) is 0 Å². The van der Waals surface area contributed by atoms with Crippen LogP contribution in [0.15, 0.2) is 48.5 Å². The molecule has 1 aliphatic heterocycles. The highest BCUT2D eigenvalue weighted by Gasteiger charge is 2.32. The van der Waals surface area contributed by atoms with Crippen molar-refractivity contribution in [3.63, 3.8) is 0 Å². The maximum Gasteiger partial charge on any atom is 0.258 e. The first-order chi connectivity index (χ1) is 12.1. The summed E-state index contributed by atoms with van der Waals surface area (Å²) < 4.78 is 0. The average Bonchev–Trinajstić information content (AvgIpc) is 2.66. The number of nitrogens with zero attached hydrogens (tertiary/aromatic N) is 1. The van der Waals surface area contributed by atoms with Gasteiger partial charge in [0.1, 0.15) is 0 Å². The van der Waals surface area contributed by atoms with Gasteiger partial charge < -0.3 is 4.90 Å². The zero-order chi connectivity index (χ0) is 17.8. The van der Waals surface area contributed by atoms with Gasteiger partial charge >= 0.3 is 0 Å². The molecule has 1 heterocycles. The summed E-state index contributed by atoms with van der Waals surface area (Å²) in [7, 11) is 0. The molecule has 0 saturated heterocycles. The third-order valence-corrected chi connectivity index (χ3v) is 7.50. The molecule has 2 aromatic carbocycles. The number of alkyl halides is 2. The van der Waals surface area contributed by atoms with Gasteiger partial charge in [0.15, 0.2) is 0 Å². The Morgan fingerprint density at radius 1 is 0.880 bits per heavy atom. The van der Waals surface area contributed by atoms with Crippen molar-refractivity contribution in [3.8, 4) is 0 Å². The van der Waals surface area contributed by atoms with Crippen LogP contribution in [0.25, 0.3) is 0 Å². The van der Waals surface area contributed by atoms with E-state index in [0.717, 1.165) is 41.8 Å². The first-order valence-electron chi connectivity index (χ1n) is 8.93. The van der Waals surface area contributed by atoms with Crippen LogP contribution in [0.2, 0.25) is 0 Å². The van der Waals surface area contributed by atoms with Gasteiger partial charge in [-0.1, -0.05) is 94.4 Å². The van der Waals surface area contributed by atoms with E-state index >= 15 is 0 Å². The number of halogens is 2. The molecule has 0 bridgehead atoms. The van der Waals surface area contributed by atoms with E-state index in [1.165, 1.54) is 12.8 Å². The third-order valence-electron chi connectivity index (χ3n) is 4.75. The highest BCUT2D eigenvalue weighted by atomic mass is 79.9. The van der Waals surface area contributed by atoms with Crippen LogP contribution in [0.1, 0.15) is 63.7 Å². The minimum Gasteiger partial charge on any atom is -0.308 e.